The number of fused-ring (bicyclic) bond motifs is 7. The molecular weight excluding hydrogens is 368 g/mol. The molecule has 0 amide bonds. The Balaban J connectivity index is 1.75. The van der Waals surface area contributed by atoms with Gasteiger partial charge in [0.1, 0.15) is 18.3 Å². The molecule has 6 rings (SSSR count). The summed E-state index contributed by atoms with van der Waals surface area (Å²) in [5.41, 5.74) is 3.80. The third kappa shape index (κ3) is 2.25. The number of benzene rings is 3. The van der Waals surface area contributed by atoms with Gasteiger partial charge in [-0.15, -0.1) is 0 Å². The Kier molecular flexibility index (Phi) is 3.54. The Bertz CT molecular complexity index is 1390. The molecule has 0 aliphatic carbocycles. The minimum absolute atomic E-state index is 0.0421. The molecule has 4 atom stereocenters. The van der Waals surface area contributed by atoms with Crippen LogP contribution in [0, 0.1) is 0 Å². The van der Waals surface area contributed by atoms with Gasteiger partial charge in [-0.1, -0.05) is 48.5 Å². The highest BCUT2D eigenvalue weighted by molar-refractivity contribution is 6.22. The summed E-state index contributed by atoms with van der Waals surface area (Å²) in [6, 6.07) is 20.3. The zero-order valence-electron chi connectivity index (χ0n) is 15.5. The van der Waals surface area contributed by atoms with E-state index in [1.807, 2.05) is 47.0 Å². The van der Waals surface area contributed by atoms with Gasteiger partial charge in [-0.05, 0) is 12.1 Å². The average molecular weight is 388 g/mol. The molecule has 1 aliphatic heterocycles. The van der Waals surface area contributed by atoms with Crippen LogP contribution in [0.25, 0.3) is 43.6 Å². The number of para-hydroxylation sites is 2. The SMILES string of the molecule is O[C@@H]1[C@@H](O)[C@H](n2c3ccccc3c3ccc4c5ccccc5[nH]c4c32)OC[C@H]1O. The number of H-pyrrole nitrogens is 1. The van der Waals surface area contributed by atoms with Crippen LogP contribution >= 0.6 is 0 Å². The fourth-order valence-corrected chi connectivity index (χ4v) is 4.69. The molecule has 5 aromatic rings. The predicted molar refractivity (Wildman–Crippen MR) is 112 cm³/mol. The fraction of sp³-hybridized carbons (Fsp3) is 0.217. The molecule has 1 saturated heterocycles. The standard InChI is InChI=1S/C23H20N2O4/c26-18-11-29-23(22(28)21(18)27)25-17-8-4-2-6-13(17)15-10-9-14-12-5-1-3-7-16(12)24-19(14)20(15)25/h1-10,18,21-24,26-28H,11H2/t18-,21+,22-,23-/m1/s1. The summed E-state index contributed by atoms with van der Waals surface area (Å²) in [5.74, 6) is 0. The van der Waals surface area contributed by atoms with Gasteiger partial charge in [0.05, 0.1) is 23.2 Å². The van der Waals surface area contributed by atoms with Crippen molar-refractivity contribution < 1.29 is 20.1 Å². The largest absolute Gasteiger partial charge is 0.388 e. The van der Waals surface area contributed by atoms with Gasteiger partial charge in [-0.3, -0.25) is 0 Å². The van der Waals surface area contributed by atoms with Crippen LogP contribution in [0.4, 0.5) is 0 Å². The average Bonchev–Trinajstić information content (AvgIpc) is 3.28. The van der Waals surface area contributed by atoms with Crippen molar-refractivity contribution in [3.05, 3.63) is 60.7 Å². The van der Waals surface area contributed by atoms with E-state index in [4.69, 9.17) is 4.74 Å². The van der Waals surface area contributed by atoms with E-state index in [9.17, 15) is 15.3 Å². The Morgan fingerprint density at radius 3 is 2.38 bits per heavy atom. The van der Waals surface area contributed by atoms with Crippen molar-refractivity contribution in [3.8, 4) is 0 Å². The lowest BCUT2D eigenvalue weighted by Crippen LogP contribution is -2.50. The lowest BCUT2D eigenvalue weighted by molar-refractivity contribution is -0.208. The first kappa shape index (κ1) is 17.0. The number of aromatic nitrogens is 2. The first-order valence-electron chi connectivity index (χ1n) is 9.73. The molecule has 2 aromatic heterocycles. The molecule has 0 unspecified atom stereocenters. The second-order valence-electron chi connectivity index (χ2n) is 7.71. The number of aliphatic hydroxyl groups excluding tert-OH is 3. The number of aromatic amines is 1. The van der Waals surface area contributed by atoms with Gasteiger partial charge in [0.15, 0.2) is 6.23 Å². The fourth-order valence-electron chi connectivity index (χ4n) is 4.69. The van der Waals surface area contributed by atoms with Crippen molar-refractivity contribution in [1.29, 1.82) is 0 Å². The van der Waals surface area contributed by atoms with Gasteiger partial charge < -0.3 is 29.6 Å². The summed E-state index contributed by atoms with van der Waals surface area (Å²) in [5, 5.41) is 35.2. The smallest absolute Gasteiger partial charge is 0.163 e. The van der Waals surface area contributed by atoms with Crippen LogP contribution in [0.2, 0.25) is 0 Å². The van der Waals surface area contributed by atoms with Gasteiger partial charge in [-0.2, -0.15) is 0 Å². The summed E-state index contributed by atoms with van der Waals surface area (Å²) in [4.78, 5) is 3.53. The van der Waals surface area contributed by atoms with Crippen molar-refractivity contribution >= 4 is 43.6 Å². The third-order valence-corrected chi connectivity index (χ3v) is 6.08. The van der Waals surface area contributed by atoms with E-state index < -0.39 is 24.5 Å². The van der Waals surface area contributed by atoms with E-state index in [1.165, 1.54) is 0 Å². The minimum atomic E-state index is -1.27. The zero-order valence-corrected chi connectivity index (χ0v) is 15.5. The van der Waals surface area contributed by atoms with Gasteiger partial charge in [0.25, 0.3) is 0 Å². The van der Waals surface area contributed by atoms with E-state index in [1.54, 1.807) is 0 Å². The summed E-state index contributed by atoms with van der Waals surface area (Å²) in [6.45, 7) is -0.0421. The Morgan fingerprint density at radius 1 is 0.793 bits per heavy atom. The number of rotatable bonds is 1. The first-order chi connectivity index (χ1) is 14.1. The maximum absolute atomic E-state index is 10.7. The molecule has 6 heteroatoms. The van der Waals surface area contributed by atoms with E-state index in [-0.39, 0.29) is 6.61 Å². The molecule has 0 bridgehead atoms. The monoisotopic (exact) mass is 388 g/mol. The Hall–Kier alpha value is -2.90. The lowest BCUT2D eigenvalue weighted by Gasteiger charge is -2.36. The number of nitrogens with one attached hydrogen (secondary N) is 1. The highest BCUT2D eigenvalue weighted by Crippen LogP contribution is 2.40. The van der Waals surface area contributed by atoms with Crippen molar-refractivity contribution in [2.45, 2.75) is 24.5 Å². The van der Waals surface area contributed by atoms with Gasteiger partial charge in [0.2, 0.25) is 0 Å². The van der Waals surface area contributed by atoms with Crippen LogP contribution in [-0.2, 0) is 4.74 Å². The molecule has 146 valence electrons. The highest BCUT2D eigenvalue weighted by Gasteiger charge is 2.39. The molecule has 0 saturated carbocycles. The van der Waals surface area contributed by atoms with Crippen molar-refractivity contribution in [1.82, 2.24) is 9.55 Å². The number of nitrogens with zero attached hydrogens (tertiary/aromatic N) is 1. The van der Waals surface area contributed by atoms with Gasteiger partial charge >= 0.3 is 0 Å². The van der Waals surface area contributed by atoms with E-state index in [2.05, 4.69) is 23.2 Å². The maximum Gasteiger partial charge on any atom is 0.163 e. The highest BCUT2D eigenvalue weighted by atomic mass is 16.5. The summed E-state index contributed by atoms with van der Waals surface area (Å²) >= 11 is 0. The van der Waals surface area contributed by atoms with Crippen molar-refractivity contribution in [3.63, 3.8) is 0 Å². The topological polar surface area (TPSA) is 90.6 Å². The molecule has 6 nitrogen and oxygen atoms in total. The summed E-state index contributed by atoms with van der Waals surface area (Å²) in [6.07, 6.45) is -4.44. The van der Waals surface area contributed by atoms with Gasteiger partial charge in [0, 0.05) is 27.1 Å². The zero-order chi connectivity index (χ0) is 19.7. The summed E-state index contributed by atoms with van der Waals surface area (Å²) < 4.78 is 7.79. The van der Waals surface area contributed by atoms with Crippen LogP contribution in [0.3, 0.4) is 0 Å². The number of aliphatic hydroxyl groups is 3. The van der Waals surface area contributed by atoms with Gasteiger partial charge in [-0.25, -0.2) is 0 Å². The Labute approximate surface area is 165 Å². The molecule has 3 heterocycles. The maximum atomic E-state index is 10.7. The molecule has 3 aromatic carbocycles. The van der Waals surface area contributed by atoms with Crippen LogP contribution in [0.15, 0.2) is 60.7 Å². The second kappa shape index (κ2) is 6.05. The molecule has 29 heavy (non-hydrogen) atoms. The van der Waals surface area contributed by atoms with Crippen molar-refractivity contribution in [2.75, 3.05) is 6.61 Å². The van der Waals surface area contributed by atoms with Crippen LogP contribution in [-0.4, -0.2) is 49.8 Å². The normalized spacial score (nSPS) is 25.5. The number of hydrogen-bond acceptors (Lipinski definition) is 4. The van der Waals surface area contributed by atoms with E-state index >= 15 is 0 Å². The van der Waals surface area contributed by atoms with Crippen LogP contribution < -0.4 is 0 Å². The molecule has 0 spiro atoms. The number of hydrogen-bond donors (Lipinski definition) is 4. The second-order valence-corrected chi connectivity index (χ2v) is 7.71. The molecule has 0 radical (unpaired) electrons. The van der Waals surface area contributed by atoms with Crippen molar-refractivity contribution in [2.24, 2.45) is 0 Å². The third-order valence-electron chi connectivity index (χ3n) is 6.08. The molecule has 4 N–H and O–H groups in total. The predicted octanol–water partition coefficient (Wildman–Crippen LogP) is 3.04. The lowest BCUT2D eigenvalue weighted by atomic mass is 10.0. The molecule has 1 fully saturated rings. The summed E-state index contributed by atoms with van der Waals surface area (Å²) in [7, 11) is 0. The number of ether oxygens (including phenoxy) is 1. The Morgan fingerprint density at radius 2 is 1.52 bits per heavy atom. The molecule has 1 aliphatic rings. The quantitative estimate of drug-likeness (QED) is 0.355. The molecular formula is C23H20N2O4. The van der Waals surface area contributed by atoms with E-state index in [0.717, 1.165) is 43.6 Å². The van der Waals surface area contributed by atoms with E-state index in [0.29, 0.717) is 0 Å². The van der Waals surface area contributed by atoms with Crippen LogP contribution in [0.1, 0.15) is 6.23 Å². The first-order valence-corrected chi connectivity index (χ1v) is 9.73. The van der Waals surface area contributed by atoms with Crippen LogP contribution in [0.5, 0.6) is 0 Å². The minimum Gasteiger partial charge on any atom is -0.388 e.